The highest BCUT2D eigenvalue weighted by molar-refractivity contribution is 6.14. The van der Waals surface area contributed by atoms with Crippen molar-refractivity contribution >= 4 is 11.9 Å². The zero-order valence-corrected chi connectivity index (χ0v) is 6.76. The Kier molecular flexibility index (Phi) is 1.45. The molecule has 0 atom stereocenters. The Balaban J connectivity index is 2.77. The predicted molar refractivity (Wildman–Crippen MR) is 40.9 cm³/mol. The number of halogens is 1. The first-order valence-corrected chi connectivity index (χ1v) is 3.66. The molecule has 13 heavy (non-hydrogen) atoms. The van der Waals surface area contributed by atoms with Crippen molar-refractivity contribution in [2.24, 2.45) is 0 Å². The van der Waals surface area contributed by atoms with Crippen molar-refractivity contribution in [3.63, 3.8) is 0 Å². The Morgan fingerprint density at radius 2 is 1.92 bits per heavy atom. The van der Waals surface area contributed by atoms with Crippen molar-refractivity contribution in [3.8, 4) is 0 Å². The van der Waals surface area contributed by atoms with E-state index < -0.39 is 17.8 Å². The molecule has 1 heterocycles. The highest BCUT2D eigenvalue weighted by Crippen LogP contribution is 2.23. The number of benzene rings is 1. The van der Waals surface area contributed by atoms with Crippen LogP contribution in [0.25, 0.3) is 0 Å². The molecule has 1 aromatic rings. The van der Waals surface area contributed by atoms with E-state index in [0.29, 0.717) is 5.56 Å². The van der Waals surface area contributed by atoms with Crippen LogP contribution in [0, 0.1) is 12.7 Å². The van der Waals surface area contributed by atoms with E-state index in [-0.39, 0.29) is 11.1 Å². The van der Waals surface area contributed by atoms with Gasteiger partial charge in [0.25, 0.3) is 0 Å². The summed E-state index contributed by atoms with van der Waals surface area (Å²) in [5.41, 5.74) is 0.348. The summed E-state index contributed by atoms with van der Waals surface area (Å²) in [5.74, 6) is -2.38. The van der Waals surface area contributed by atoms with Crippen molar-refractivity contribution in [3.05, 3.63) is 34.6 Å². The minimum atomic E-state index is -0.905. The molecule has 0 aromatic heterocycles. The Labute approximate surface area is 73.1 Å². The Morgan fingerprint density at radius 1 is 1.23 bits per heavy atom. The summed E-state index contributed by atoms with van der Waals surface area (Å²) in [7, 11) is 0. The molecule has 2 rings (SSSR count). The molecule has 0 saturated carbocycles. The van der Waals surface area contributed by atoms with Gasteiger partial charge in [-0.25, -0.2) is 14.0 Å². The number of aryl methyl sites for hydroxylation is 1. The normalized spacial score (nSPS) is 14.3. The lowest BCUT2D eigenvalue weighted by Crippen LogP contribution is -1.98. The van der Waals surface area contributed by atoms with Crippen molar-refractivity contribution in [1.82, 2.24) is 0 Å². The summed E-state index contributed by atoms with van der Waals surface area (Å²) in [5, 5.41) is 0. The molecule has 4 heteroatoms. The van der Waals surface area contributed by atoms with Crippen LogP contribution in [-0.2, 0) is 4.74 Å². The summed E-state index contributed by atoms with van der Waals surface area (Å²) < 4.78 is 17.4. The minimum absolute atomic E-state index is 0.0162. The van der Waals surface area contributed by atoms with E-state index in [2.05, 4.69) is 4.74 Å². The third-order valence-corrected chi connectivity index (χ3v) is 1.84. The molecule has 0 bridgehead atoms. The predicted octanol–water partition coefficient (Wildman–Crippen LogP) is 1.44. The van der Waals surface area contributed by atoms with Gasteiger partial charge < -0.3 is 4.74 Å². The molecule has 0 saturated heterocycles. The third-order valence-electron chi connectivity index (χ3n) is 1.84. The van der Waals surface area contributed by atoms with Crippen LogP contribution in [0.5, 0.6) is 0 Å². The van der Waals surface area contributed by atoms with Crippen LogP contribution >= 0.6 is 0 Å². The Morgan fingerprint density at radius 3 is 2.62 bits per heavy atom. The highest BCUT2D eigenvalue weighted by atomic mass is 19.1. The van der Waals surface area contributed by atoms with Crippen molar-refractivity contribution in [2.45, 2.75) is 6.92 Å². The SMILES string of the molecule is Cc1cc(F)c2c(c1)C(=O)OC2=O. The summed E-state index contributed by atoms with van der Waals surface area (Å²) in [4.78, 5) is 21.9. The average molecular weight is 180 g/mol. The second-order valence-corrected chi connectivity index (χ2v) is 2.85. The monoisotopic (exact) mass is 180 g/mol. The van der Waals surface area contributed by atoms with Gasteiger partial charge in [0.2, 0.25) is 0 Å². The number of ether oxygens (including phenoxy) is 1. The van der Waals surface area contributed by atoms with Gasteiger partial charge >= 0.3 is 11.9 Å². The van der Waals surface area contributed by atoms with E-state index in [9.17, 15) is 14.0 Å². The van der Waals surface area contributed by atoms with Crippen LogP contribution in [0.4, 0.5) is 4.39 Å². The van der Waals surface area contributed by atoms with Crippen molar-refractivity contribution in [1.29, 1.82) is 0 Å². The number of esters is 2. The fraction of sp³-hybridized carbons (Fsp3) is 0.111. The van der Waals surface area contributed by atoms with E-state index in [1.165, 1.54) is 12.1 Å². The first kappa shape index (κ1) is 7.91. The molecular formula is C9H5FO3. The van der Waals surface area contributed by atoms with E-state index in [1.54, 1.807) is 6.92 Å². The van der Waals surface area contributed by atoms with Gasteiger partial charge in [-0.15, -0.1) is 0 Å². The highest BCUT2D eigenvalue weighted by Gasteiger charge is 2.32. The second-order valence-electron chi connectivity index (χ2n) is 2.85. The van der Waals surface area contributed by atoms with Crippen LogP contribution in [0.3, 0.4) is 0 Å². The van der Waals surface area contributed by atoms with Crippen LogP contribution in [0.15, 0.2) is 12.1 Å². The average Bonchev–Trinajstić information content (AvgIpc) is 2.27. The summed E-state index contributed by atoms with van der Waals surface area (Å²) in [6.45, 7) is 1.64. The molecule has 0 aliphatic carbocycles. The molecule has 3 nitrogen and oxygen atoms in total. The zero-order valence-electron chi connectivity index (χ0n) is 6.76. The summed E-state index contributed by atoms with van der Waals surface area (Å²) >= 11 is 0. The maximum Gasteiger partial charge on any atom is 0.349 e. The number of hydrogen-bond donors (Lipinski definition) is 0. The molecule has 0 amide bonds. The quantitative estimate of drug-likeness (QED) is 0.448. The van der Waals surface area contributed by atoms with Crippen molar-refractivity contribution < 1.29 is 18.7 Å². The molecule has 1 aliphatic rings. The maximum absolute atomic E-state index is 13.1. The van der Waals surface area contributed by atoms with E-state index in [1.807, 2.05) is 0 Å². The Bertz CT molecular complexity index is 423. The van der Waals surface area contributed by atoms with Gasteiger partial charge in [0.1, 0.15) is 11.4 Å². The van der Waals surface area contributed by atoms with Crippen LogP contribution in [-0.4, -0.2) is 11.9 Å². The van der Waals surface area contributed by atoms with E-state index in [0.717, 1.165) is 0 Å². The third kappa shape index (κ3) is 1.02. The van der Waals surface area contributed by atoms with Gasteiger partial charge in [-0.1, -0.05) is 0 Å². The maximum atomic E-state index is 13.1. The van der Waals surface area contributed by atoms with E-state index in [4.69, 9.17) is 0 Å². The first-order valence-electron chi connectivity index (χ1n) is 3.66. The molecule has 0 N–H and O–H groups in total. The van der Waals surface area contributed by atoms with Crippen LogP contribution in [0.1, 0.15) is 26.3 Å². The lowest BCUT2D eigenvalue weighted by Gasteiger charge is -1.96. The van der Waals surface area contributed by atoms with Gasteiger partial charge in [-0.3, -0.25) is 0 Å². The summed E-state index contributed by atoms with van der Waals surface area (Å²) in [6.07, 6.45) is 0. The van der Waals surface area contributed by atoms with Crippen LogP contribution in [0.2, 0.25) is 0 Å². The summed E-state index contributed by atoms with van der Waals surface area (Å²) in [6, 6.07) is 2.63. The largest absolute Gasteiger partial charge is 0.386 e. The number of rotatable bonds is 0. The van der Waals surface area contributed by atoms with Gasteiger partial charge in [0, 0.05) is 0 Å². The molecule has 1 aromatic carbocycles. The zero-order chi connectivity index (χ0) is 9.59. The van der Waals surface area contributed by atoms with Crippen LogP contribution < -0.4 is 0 Å². The fourth-order valence-electron chi connectivity index (χ4n) is 1.30. The standard InChI is InChI=1S/C9H5FO3/c1-4-2-5-7(6(10)3-4)9(12)13-8(5)11/h2-3H,1H3. The van der Waals surface area contributed by atoms with Gasteiger partial charge in [-0.05, 0) is 24.6 Å². The smallest absolute Gasteiger partial charge is 0.349 e. The van der Waals surface area contributed by atoms with E-state index >= 15 is 0 Å². The molecule has 0 unspecified atom stereocenters. The fourth-order valence-corrected chi connectivity index (χ4v) is 1.30. The molecule has 0 radical (unpaired) electrons. The second kappa shape index (κ2) is 2.39. The minimum Gasteiger partial charge on any atom is -0.386 e. The molecule has 1 aliphatic heterocycles. The molecule has 66 valence electrons. The Hall–Kier alpha value is -1.71. The first-order chi connectivity index (χ1) is 6.09. The molecular weight excluding hydrogens is 175 g/mol. The topological polar surface area (TPSA) is 43.4 Å². The number of hydrogen-bond acceptors (Lipinski definition) is 3. The number of carbonyl (C=O) groups is 2. The van der Waals surface area contributed by atoms with Crippen molar-refractivity contribution in [2.75, 3.05) is 0 Å². The van der Waals surface area contributed by atoms with Gasteiger partial charge in [0.15, 0.2) is 0 Å². The van der Waals surface area contributed by atoms with Gasteiger partial charge in [0.05, 0.1) is 5.56 Å². The number of fused-ring (bicyclic) bond motifs is 1. The molecule has 0 fully saturated rings. The number of carbonyl (C=O) groups excluding carboxylic acids is 2. The molecule has 0 spiro atoms. The van der Waals surface area contributed by atoms with Gasteiger partial charge in [-0.2, -0.15) is 0 Å². The number of cyclic esters (lactones) is 2. The lowest BCUT2D eigenvalue weighted by molar-refractivity contribution is 0.0442. The lowest BCUT2D eigenvalue weighted by atomic mass is 10.1.